The highest BCUT2D eigenvalue weighted by atomic mass is 35.5. The molecule has 124 valence electrons. The van der Waals surface area contributed by atoms with E-state index < -0.39 is 0 Å². The molecule has 0 radical (unpaired) electrons. The molecule has 0 aliphatic carbocycles. The first kappa shape index (κ1) is 16.2. The lowest BCUT2D eigenvalue weighted by Crippen LogP contribution is -2.32. The number of amides is 1. The standard InChI is InChI=1S/C16H21N5O.ClH/c1-9-4-10(2)21-15(18-9)14(11(3)19-21)16(22)20-7-12-5-17-6-13(12)8-20;/h4,12-13,17H,5-8H2,1-3H3;1H/t12-,13+;. The van der Waals surface area contributed by atoms with Crippen LogP contribution in [0.3, 0.4) is 0 Å². The lowest BCUT2D eigenvalue weighted by atomic mass is 10.0. The third-order valence-electron chi connectivity index (χ3n) is 4.96. The van der Waals surface area contributed by atoms with Crippen LogP contribution >= 0.6 is 12.4 Å². The van der Waals surface area contributed by atoms with Gasteiger partial charge < -0.3 is 10.2 Å². The van der Waals surface area contributed by atoms with E-state index in [1.807, 2.05) is 31.7 Å². The monoisotopic (exact) mass is 335 g/mol. The predicted molar refractivity (Wildman–Crippen MR) is 90.2 cm³/mol. The molecule has 2 aromatic heterocycles. The van der Waals surface area contributed by atoms with Gasteiger partial charge in [-0.2, -0.15) is 5.10 Å². The van der Waals surface area contributed by atoms with Crippen molar-refractivity contribution in [3.63, 3.8) is 0 Å². The van der Waals surface area contributed by atoms with Crippen LogP contribution in [0.1, 0.15) is 27.4 Å². The van der Waals surface area contributed by atoms with Gasteiger partial charge in [0.05, 0.1) is 5.69 Å². The molecular weight excluding hydrogens is 314 g/mol. The van der Waals surface area contributed by atoms with Crippen LogP contribution in [0.5, 0.6) is 0 Å². The number of carbonyl (C=O) groups excluding carboxylic acids is 1. The van der Waals surface area contributed by atoms with Gasteiger partial charge in [0.15, 0.2) is 5.65 Å². The average Bonchev–Trinajstić information content (AvgIpc) is 3.10. The molecular formula is C16H22ClN5O. The number of halogens is 1. The van der Waals surface area contributed by atoms with Crippen LogP contribution in [0.25, 0.3) is 5.65 Å². The summed E-state index contributed by atoms with van der Waals surface area (Å²) in [7, 11) is 0. The average molecular weight is 336 g/mol. The fourth-order valence-corrected chi connectivity index (χ4v) is 3.86. The molecule has 1 N–H and O–H groups in total. The van der Waals surface area contributed by atoms with Crippen molar-refractivity contribution < 1.29 is 4.79 Å². The largest absolute Gasteiger partial charge is 0.338 e. The lowest BCUT2D eigenvalue weighted by Gasteiger charge is -2.17. The van der Waals surface area contributed by atoms with Crippen molar-refractivity contribution in [1.29, 1.82) is 0 Å². The minimum absolute atomic E-state index is 0. The Morgan fingerprint density at radius 3 is 2.52 bits per heavy atom. The summed E-state index contributed by atoms with van der Waals surface area (Å²) in [5.41, 5.74) is 4.05. The van der Waals surface area contributed by atoms with Gasteiger partial charge in [0, 0.05) is 37.6 Å². The van der Waals surface area contributed by atoms with E-state index in [4.69, 9.17) is 0 Å². The van der Waals surface area contributed by atoms with Gasteiger partial charge in [0.1, 0.15) is 5.56 Å². The fraction of sp³-hybridized carbons (Fsp3) is 0.562. The predicted octanol–water partition coefficient (Wildman–Crippen LogP) is 1.37. The zero-order valence-electron chi connectivity index (χ0n) is 13.7. The van der Waals surface area contributed by atoms with Crippen molar-refractivity contribution in [2.24, 2.45) is 11.8 Å². The summed E-state index contributed by atoms with van der Waals surface area (Å²) in [4.78, 5) is 19.6. The minimum atomic E-state index is 0. The minimum Gasteiger partial charge on any atom is -0.338 e. The summed E-state index contributed by atoms with van der Waals surface area (Å²) in [5.74, 6) is 1.28. The first-order chi connectivity index (χ1) is 10.5. The highest BCUT2D eigenvalue weighted by Gasteiger charge is 2.39. The Kier molecular flexibility index (Phi) is 4.06. The summed E-state index contributed by atoms with van der Waals surface area (Å²) >= 11 is 0. The van der Waals surface area contributed by atoms with E-state index in [9.17, 15) is 4.79 Å². The van der Waals surface area contributed by atoms with E-state index in [0.29, 0.717) is 23.0 Å². The molecule has 7 heteroatoms. The molecule has 4 rings (SSSR count). The number of aryl methyl sites for hydroxylation is 3. The molecule has 1 amide bonds. The SMILES string of the molecule is Cc1cc(C)n2nc(C)c(C(=O)N3C[C@H]4CNC[C@H]4C3)c2n1.Cl. The maximum absolute atomic E-state index is 13.0. The Morgan fingerprint density at radius 1 is 1.22 bits per heavy atom. The maximum atomic E-state index is 13.0. The van der Waals surface area contributed by atoms with Crippen LogP contribution in [0.2, 0.25) is 0 Å². The van der Waals surface area contributed by atoms with Crippen LogP contribution in [0.4, 0.5) is 0 Å². The first-order valence-electron chi connectivity index (χ1n) is 7.88. The van der Waals surface area contributed by atoms with Gasteiger partial charge in [-0.25, -0.2) is 9.50 Å². The first-order valence-corrected chi connectivity index (χ1v) is 7.88. The second kappa shape index (κ2) is 5.76. The van der Waals surface area contributed by atoms with E-state index in [1.54, 1.807) is 4.52 Å². The molecule has 2 aliphatic rings. The Hall–Kier alpha value is -1.66. The second-order valence-electron chi connectivity index (χ2n) is 6.62. The van der Waals surface area contributed by atoms with E-state index in [-0.39, 0.29) is 18.3 Å². The molecule has 2 aliphatic heterocycles. The van der Waals surface area contributed by atoms with Crippen LogP contribution in [-0.4, -0.2) is 51.6 Å². The van der Waals surface area contributed by atoms with Crippen LogP contribution < -0.4 is 5.32 Å². The molecule has 0 bridgehead atoms. The van der Waals surface area contributed by atoms with Crippen molar-refractivity contribution in [2.45, 2.75) is 20.8 Å². The summed E-state index contributed by atoms with van der Waals surface area (Å²) < 4.78 is 1.79. The lowest BCUT2D eigenvalue weighted by molar-refractivity contribution is 0.0782. The van der Waals surface area contributed by atoms with Gasteiger partial charge in [0.2, 0.25) is 0 Å². The van der Waals surface area contributed by atoms with Gasteiger partial charge in [-0.3, -0.25) is 4.79 Å². The number of carbonyl (C=O) groups is 1. The zero-order valence-corrected chi connectivity index (χ0v) is 14.5. The summed E-state index contributed by atoms with van der Waals surface area (Å²) in [5, 5.41) is 7.92. The number of rotatable bonds is 1. The van der Waals surface area contributed by atoms with E-state index in [1.165, 1.54) is 0 Å². The maximum Gasteiger partial charge on any atom is 0.259 e. The Bertz CT molecular complexity index is 759. The van der Waals surface area contributed by atoms with Crippen molar-refractivity contribution >= 4 is 24.0 Å². The number of fused-ring (bicyclic) bond motifs is 2. The zero-order chi connectivity index (χ0) is 15.4. The molecule has 4 heterocycles. The molecule has 2 aromatic rings. The molecule has 0 unspecified atom stereocenters. The molecule has 23 heavy (non-hydrogen) atoms. The summed E-state index contributed by atoms with van der Waals surface area (Å²) in [6.45, 7) is 9.59. The summed E-state index contributed by atoms with van der Waals surface area (Å²) in [6, 6.07) is 1.99. The molecule has 2 fully saturated rings. The third-order valence-corrected chi connectivity index (χ3v) is 4.96. The van der Waals surface area contributed by atoms with Gasteiger partial charge >= 0.3 is 0 Å². The van der Waals surface area contributed by atoms with Crippen molar-refractivity contribution in [3.8, 4) is 0 Å². The van der Waals surface area contributed by atoms with Gasteiger partial charge in [0.25, 0.3) is 5.91 Å². The smallest absolute Gasteiger partial charge is 0.259 e. The fourth-order valence-electron chi connectivity index (χ4n) is 3.86. The van der Waals surface area contributed by atoms with E-state index in [2.05, 4.69) is 15.4 Å². The van der Waals surface area contributed by atoms with Gasteiger partial charge in [-0.1, -0.05) is 0 Å². The Balaban J connectivity index is 0.00000156. The highest BCUT2D eigenvalue weighted by molar-refractivity contribution is 6.01. The molecule has 0 saturated carbocycles. The topological polar surface area (TPSA) is 62.5 Å². The normalized spacial score (nSPS) is 23.2. The van der Waals surface area contributed by atoms with E-state index in [0.717, 1.165) is 43.3 Å². The number of nitrogens with one attached hydrogen (secondary N) is 1. The van der Waals surface area contributed by atoms with Gasteiger partial charge in [-0.05, 0) is 38.7 Å². The van der Waals surface area contributed by atoms with Crippen molar-refractivity contribution in [3.05, 3.63) is 28.7 Å². The molecule has 0 aromatic carbocycles. The number of aromatic nitrogens is 3. The highest BCUT2D eigenvalue weighted by Crippen LogP contribution is 2.28. The van der Waals surface area contributed by atoms with Crippen LogP contribution in [0, 0.1) is 32.6 Å². The molecule has 6 nitrogen and oxygen atoms in total. The summed E-state index contributed by atoms with van der Waals surface area (Å²) in [6.07, 6.45) is 0. The number of hydrogen-bond donors (Lipinski definition) is 1. The Labute approximate surface area is 141 Å². The van der Waals surface area contributed by atoms with Crippen molar-refractivity contribution in [2.75, 3.05) is 26.2 Å². The number of hydrogen-bond acceptors (Lipinski definition) is 4. The molecule has 2 saturated heterocycles. The van der Waals surface area contributed by atoms with Gasteiger partial charge in [-0.15, -0.1) is 12.4 Å². The van der Waals surface area contributed by atoms with Crippen LogP contribution in [0.15, 0.2) is 6.07 Å². The Morgan fingerprint density at radius 2 is 1.87 bits per heavy atom. The number of likely N-dealkylation sites (tertiary alicyclic amines) is 1. The second-order valence-corrected chi connectivity index (χ2v) is 6.62. The van der Waals surface area contributed by atoms with E-state index >= 15 is 0 Å². The number of nitrogens with zero attached hydrogens (tertiary/aromatic N) is 4. The third kappa shape index (κ3) is 2.50. The quantitative estimate of drug-likeness (QED) is 0.855. The molecule has 2 atom stereocenters. The molecule has 0 spiro atoms. The van der Waals surface area contributed by atoms with Crippen molar-refractivity contribution in [1.82, 2.24) is 24.8 Å². The van der Waals surface area contributed by atoms with Crippen LogP contribution in [-0.2, 0) is 0 Å².